The highest BCUT2D eigenvalue weighted by molar-refractivity contribution is 7.91. The van der Waals surface area contributed by atoms with Crippen LogP contribution < -0.4 is 10.5 Å². The van der Waals surface area contributed by atoms with E-state index < -0.39 is 15.6 Å². The van der Waals surface area contributed by atoms with Crippen LogP contribution in [-0.4, -0.2) is 14.0 Å². The third-order valence-electron chi connectivity index (χ3n) is 2.27. The first kappa shape index (κ1) is 15.6. The second-order valence-corrected chi connectivity index (χ2v) is 8.43. The van der Waals surface area contributed by atoms with Crippen LogP contribution in [0.4, 0.5) is 0 Å². The number of hydrogen-bond acceptors (Lipinski definition) is 4. The molecule has 0 aliphatic rings. The van der Waals surface area contributed by atoms with Gasteiger partial charge < -0.3 is 5.73 Å². The molecule has 3 N–H and O–H groups in total. The predicted molar refractivity (Wildman–Crippen MR) is 76.2 cm³/mol. The second kappa shape index (κ2) is 5.69. The van der Waals surface area contributed by atoms with Crippen LogP contribution in [0.5, 0.6) is 0 Å². The molecule has 1 aromatic rings. The van der Waals surface area contributed by atoms with Gasteiger partial charge in [0.1, 0.15) is 4.21 Å². The Kier molecular flexibility index (Phi) is 4.94. The Morgan fingerprint density at radius 1 is 1.39 bits per heavy atom. The molecule has 0 aromatic carbocycles. The van der Waals surface area contributed by atoms with Crippen molar-refractivity contribution in [3.05, 3.63) is 17.0 Å². The van der Waals surface area contributed by atoms with E-state index >= 15 is 0 Å². The Bertz CT molecular complexity index is 486. The van der Waals surface area contributed by atoms with Gasteiger partial charge in [-0.15, -0.1) is 11.3 Å². The van der Waals surface area contributed by atoms with Crippen LogP contribution in [-0.2, 0) is 10.0 Å². The van der Waals surface area contributed by atoms with Crippen LogP contribution in [0.3, 0.4) is 0 Å². The maximum absolute atomic E-state index is 12.1. The van der Waals surface area contributed by atoms with Gasteiger partial charge in [0.2, 0.25) is 0 Å². The van der Waals surface area contributed by atoms with Gasteiger partial charge in [-0.1, -0.05) is 13.3 Å². The Morgan fingerprint density at radius 2 is 2.00 bits per heavy atom. The molecule has 0 aliphatic heterocycles. The fourth-order valence-corrected chi connectivity index (χ4v) is 4.36. The minimum Gasteiger partial charge on any atom is -0.323 e. The summed E-state index contributed by atoms with van der Waals surface area (Å²) >= 11 is 1.25. The van der Waals surface area contributed by atoms with Crippen molar-refractivity contribution >= 4 is 21.4 Å². The van der Waals surface area contributed by atoms with Gasteiger partial charge in [0.15, 0.2) is 0 Å². The van der Waals surface area contributed by atoms with Crippen molar-refractivity contribution in [2.24, 2.45) is 5.73 Å². The van der Waals surface area contributed by atoms with Crippen LogP contribution in [0.1, 0.15) is 51.5 Å². The van der Waals surface area contributed by atoms with Crippen molar-refractivity contribution in [2.75, 3.05) is 0 Å². The summed E-state index contributed by atoms with van der Waals surface area (Å²) < 4.78 is 27.2. The second-order valence-electron chi connectivity index (χ2n) is 5.41. The molecule has 0 fully saturated rings. The SMILES string of the molecule is CCC[C@@H](N)c1ccc(S(=O)(=O)NC(C)(C)C)s1. The summed E-state index contributed by atoms with van der Waals surface area (Å²) in [6.45, 7) is 7.53. The molecule has 0 saturated carbocycles. The molecular formula is C12H22N2O2S2. The molecule has 1 rings (SSSR count). The van der Waals surface area contributed by atoms with E-state index in [4.69, 9.17) is 5.73 Å². The van der Waals surface area contributed by atoms with Crippen LogP contribution in [0.2, 0.25) is 0 Å². The van der Waals surface area contributed by atoms with Gasteiger partial charge in [0, 0.05) is 16.5 Å². The Morgan fingerprint density at radius 3 is 2.50 bits per heavy atom. The molecule has 0 amide bonds. The molecule has 0 radical (unpaired) electrons. The monoisotopic (exact) mass is 290 g/mol. The van der Waals surface area contributed by atoms with Gasteiger partial charge >= 0.3 is 0 Å². The molecule has 0 bridgehead atoms. The third-order valence-corrected chi connectivity index (χ3v) is 5.74. The first-order valence-electron chi connectivity index (χ1n) is 6.05. The molecule has 1 heterocycles. The zero-order valence-corrected chi connectivity index (χ0v) is 13.0. The lowest BCUT2D eigenvalue weighted by Crippen LogP contribution is -2.40. The summed E-state index contributed by atoms with van der Waals surface area (Å²) in [5.41, 5.74) is 5.51. The van der Waals surface area contributed by atoms with Gasteiger partial charge in [-0.05, 0) is 39.3 Å². The van der Waals surface area contributed by atoms with Gasteiger partial charge in [-0.25, -0.2) is 13.1 Å². The first-order valence-corrected chi connectivity index (χ1v) is 8.35. The van der Waals surface area contributed by atoms with E-state index in [-0.39, 0.29) is 6.04 Å². The third kappa shape index (κ3) is 4.35. The van der Waals surface area contributed by atoms with E-state index in [0.717, 1.165) is 17.7 Å². The molecular weight excluding hydrogens is 268 g/mol. The van der Waals surface area contributed by atoms with Crippen molar-refractivity contribution in [2.45, 2.75) is 56.3 Å². The summed E-state index contributed by atoms with van der Waals surface area (Å²) in [5, 5.41) is 0. The zero-order chi connectivity index (χ0) is 14.0. The summed E-state index contributed by atoms with van der Waals surface area (Å²) in [4.78, 5) is 0.922. The summed E-state index contributed by atoms with van der Waals surface area (Å²) in [6, 6.07) is 3.37. The largest absolute Gasteiger partial charge is 0.323 e. The first-order chi connectivity index (χ1) is 8.15. The van der Waals surface area contributed by atoms with Gasteiger partial charge in [0.05, 0.1) is 0 Å². The quantitative estimate of drug-likeness (QED) is 0.875. The predicted octanol–water partition coefficient (Wildman–Crippen LogP) is 2.62. The number of rotatable bonds is 5. The molecule has 0 unspecified atom stereocenters. The lowest BCUT2D eigenvalue weighted by atomic mass is 10.1. The Balaban J connectivity index is 2.92. The van der Waals surface area contributed by atoms with Gasteiger partial charge in [0.25, 0.3) is 10.0 Å². The Labute approximate surface area is 114 Å². The van der Waals surface area contributed by atoms with Crippen molar-refractivity contribution in [3.63, 3.8) is 0 Å². The molecule has 1 atom stereocenters. The number of nitrogens with two attached hydrogens (primary N) is 1. The summed E-state index contributed by atoms with van der Waals surface area (Å²) in [6.07, 6.45) is 1.86. The van der Waals surface area contributed by atoms with Crippen molar-refractivity contribution in [3.8, 4) is 0 Å². The lowest BCUT2D eigenvalue weighted by molar-refractivity contribution is 0.492. The highest BCUT2D eigenvalue weighted by Crippen LogP contribution is 2.28. The van der Waals surface area contributed by atoms with E-state index in [1.165, 1.54) is 11.3 Å². The normalized spacial score (nSPS) is 14.7. The molecule has 1 aromatic heterocycles. The molecule has 6 heteroatoms. The molecule has 0 saturated heterocycles. The van der Waals surface area contributed by atoms with Crippen LogP contribution >= 0.6 is 11.3 Å². The number of thiophene rings is 1. The van der Waals surface area contributed by atoms with Crippen molar-refractivity contribution in [1.29, 1.82) is 0 Å². The number of nitrogens with one attached hydrogen (secondary N) is 1. The zero-order valence-electron chi connectivity index (χ0n) is 11.4. The molecule has 0 spiro atoms. The maximum Gasteiger partial charge on any atom is 0.250 e. The van der Waals surface area contributed by atoms with Crippen LogP contribution in [0, 0.1) is 0 Å². The average Bonchev–Trinajstić information content (AvgIpc) is 2.63. The topological polar surface area (TPSA) is 72.2 Å². The minimum absolute atomic E-state index is 0.0708. The van der Waals surface area contributed by atoms with Crippen molar-refractivity contribution < 1.29 is 8.42 Å². The Hall–Kier alpha value is -0.430. The molecule has 104 valence electrons. The van der Waals surface area contributed by atoms with E-state index in [9.17, 15) is 8.42 Å². The number of sulfonamides is 1. The van der Waals surface area contributed by atoms with E-state index in [2.05, 4.69) is 11.6 Å². The standard InChI is InChI=1S/C12H22N2O2S2/c1-5-6-9(13)10-7-8-11(17-10)18(15,16)14-12(2,3)4/h7-9,14H,5-6,13H2,1-4H3/t9-/m1/s1. The molecule has 4 nitrogen and oxygen atoms in total. The van der Waals surface area contributed by atoms with E-state index in [1.54, 1.807) is 6.07 Å². The maximum atomic E-state index is 12.1. The van der Waals surface area contributed by atoms with Gasteiger partial charge in [-0.3, -0.25) is 0 Å². The number of hydrogen-bond donors (Lipinski definition) is 2. The minimum atomic E-state index is -3.43. The molecule has 18 heavy (non-hydrogen) atoms. The van der Waals surface area contributed by atoms with Crippen LogP contribution in [0.15, 0.2) is 16.3 Å². The average molecular weight is 290 g/mol. The summed E-state index contributed by atoms with van der Waals surface area (Å²) in [7, 11) is -3.43. The van der Waals surface area contributed by atoms with Crippen LogP contribution in [0.25, 0.3) is 0 Å². The van der Waals surface area contributed by atoms with E-state index in [1.807, 2.05) is 26.8 Å². The smallest absolute Gasteiger partial charge is 0.250 e. The highest BCUT2D eigenvalue weighted by atomic mass is 32.2. The van der Waals surface area contributed by atoms with E-state index in [0.29, 0.717) is 4.21 Å². The lowest BCUT2D eigenvalue weighted by Gasteiger charge is -2.19. The van der Waals surface area contributed by atoms with Gasteiger partial charge in [-0.2, -0.15) is 0 Å². The fraction of sp³-hybridized carbons (Fsp3) is 0.667. The molecule has 0 aliphatic carbocycles. The summed E-state index contributed by atoms with van der Waals surface area (Å²) in [5.74, 6) is 0. The highest BCUT2D eigenvalue weighted by Gasteiger charge is 2.24. The van der Waals surface area contributed by atoms with Crippen molar-refractivity contribution in [1.82, 2.24) is 4.72 Å². The fourth-order valence-electron chi connectivity index (χ4n) is 1.58.